The zero-order valence-corrected chi connectivity index (χ0v) is 10.3. The molecule has 0 N–H and O–H groups in total. The Morgan fingerprint density at radius 1 is 1.11 bits per heavy atom. The van der Waals surface area contributed by atoms with Gasteiger partial charge in [0.15, 0.2) is 0 Å². The largest absolute Gasteiger partial charge is 0.299 e. The van der Waals surface area contributed by atoms with Gasteiger partial charge in [-0.3, -0.25) is 9.78 Å². The van der Waals surface area contributed by atoms with E-state index in [1.54, 1.807) is 12.3 Å². The number of nitrogens with zero attached hydrogens (tertiary/aromatic N) is 1. The highest BCUT2D eigenvalue weighted by molar-refractivity contribution is 5.81. The normalized spacial score (nSPS) is 10.4. The average Bonchev–Trinajstić information content (AvgIpc) is 2.36. The molecule has 0 radical (unpaired) electrons. The minimum Gasteiger partial charge on any atom is -0.299 e. The summed E-state index contributed by atoms with van der Waals surface area (Å²) in [6.07, 6.45) is 2.57. The van der Waals surface area contributed by atoms with Crippen molar-refractivity contribution in [3.8, 4) is 0 Å². The van der Waals surface area contributed by atoms with Gasteiger partial charge in [-0.05, 0) is 36.2 Å². The molecule has 0 saturated heterocycles. The number of halogens is 2. The molecule has 0 amide bonds. The molecule has 0 fully saturated rings. The number of hydrogen-bond acceptors (Lipinski definition) is 2. The molecule has 4 heteroatoms. The van der Waals surface area contributed by atoms with E-state index in [-0.39, 0.29) is 12.2 Å². The van der Waals surface area contributed by atoms with Crippen LogP contribution in [0.5, 0.6) is 0 Å². The van der Waals surface area contributed by atoms with Crippen LogP contribution in [0, 0.1) is 11.6 Å². The van der Waals surface area contributed by atoms with Crippen LogP contribution in [0.4, 0.5) is 8.78 Å². The van der Waals surface area contributed by atoms with Gasteiger partial charge in [-0.2, -0.15) is 0 Å². The van der Waals surface area contributed by atoms with Gasteiger partial charge in [-0.1, -0.05) is 6.07 Å². The van der Waals surface area contributed by atoms with E-state index < -0.39 is 11.6 Å². The third-order valence-electron chi connectivity index (χ3n) is 2.71. The van der Waals surface area contributed by atoms with Gasteiger partial charge in [0.1, 0.15) is 17.4 Å². The molecular formula is C15H13F2NO. The van der Waals surface area contributed by atoms with Crippen molar-refractivity contribution in [1.29, 1.82) is 0 Å². The molecule has 0 atom stereocenters. The lowest BCUT2D eigenvalue weighted by atomic mass is 10.0. The quantitative estimate of drug-likeness (QED) is 0.827. The molecule has 0 bridgehead atoms. The molecule has 2 nitrogen and oxygen atoms in total. The van der Waals surface area contributed by atoms with Crippen molar-refractivity contribution in [1.82, 2.24) is 4.98 Å². The van der Waals surface area contributed by atoms with Crippen LogP contribution in [-0.2, 0) is 17.6 Å². The first-order valence-electron chi connectivity index (χ1n) is 6.00. The molecule has 0 unspecified atom stereocenters. The zero-order valence-electron chi connectivity index (χ0n) is 10.3. The molecular weight excluding hydrogens is 248 g/mol. The third kappa shape index (κ3) is 4.25. The van der Waals surface area contributed by atoms with Crippen LogP contribution in [0.3, 0.4) is 0 Å². The molecule has 19 heavy (non-hydrogen) atoms. The van der Waals surface area contributed by atoms with Crippen molar-refractivity contribution in [3.05, 3.63) is 65.5 Å². The number of aromatic nitrogens is 1. The smallest absolute Gasteiger partial charge is 0.137 e. The molecule has 98 valence electrons. The van der Waals surface area contributed by atoms with Crippen molar-refractivity contribution >= 4 is 5.78 Å². The highest BCUT2D eigenvalue weighted by Crippen LogP contribution is 2.10. The van der Waals surface area contributed by atoms with Crippen LogP contribution < -0.4 is 0 Å². The fourth-order valence-corrected chi connectivity index (χ4v) is 1.84. The molecule has 0 aliphatic heterocycles. The summed E-state index contributed by atoms with van der Waals surface area (Å²) in [6.45, 7) is 0. The summed E-state index contributed by atoms with van der Waals surface area (Å²) in [6, 6.07) is 8.66. The monoisotopic (exact) mass is 261 g/mol. The summed E-state index contributed by atoms with van der Waals surface area (Å²) in [4.78, 5) is 15.8. The van der Waals surface area contributed by atoms with E-state index in [0.29, 0.717) is 18.4 Å². The van der Waals surface area contributed by atoms with Gasteiger partial charge in [0.05, 0.1) is 0 Å². The number of carbonyl (C=O) groups excluding carboxylic acids is 1. The summed E-state index contributed by atoms with van der Waals surface area (Å²) in [7, 11) is 0. The second-order valence-electron chi connectivity index (χ2n) is 4.31. The zero-order chi connectivity index (χ0) is 13.7. The molecule has 1 aromatic heterocycles. The number of ketones is 1. The number of carbonyl (C=O) groups is 1. The second-order valence-corrected chi connectivity index (χ2v) is 4.31. The molecule has 2 rings (SSSR count). The van der Waals surface area contributed by atoms with Gasteiger partial charge < -0.3 is 0 Å². The summed E-state index contributed by atoms with van der Waals surface area (Å²) in [5.74, 6) is -1.38. The van der Waals surface area contributed by atoms with Gasteiger partial charge in [-0.25, -0.2) is 8.78 Å². The minimum atomic E-state index is -0.660. The Morgan fingerprint density at radius 2 is 1.84 bits per heavy atom. The molecule has 0 saturated carbocycles. The fraction of sp³-hybridized carbons (Fsp3) is 0.200. The van der Waals surface area contributed by atoms with Gasteiger partial charge in [0, 0.05) is 30.8 Å². The van der Waals surface area contributed by atoms with Crippen molar-refractivity contribution in [3.63, 3.8) is 0 Å². The van der Waals surface area contributed by atoms with E-state index in [2.05, 4.69) is 4.98 Å². The van der Waals surface area contributed by atoms with Gasteiger partial charge >= 0.3 is 0 Å². The van der Waals surface area contributed by atoms with E-state index in [1.807, 2.05) is 12.1 Å². The maximum Gasteiger partial charge on any atom is 0.137 e. The Labute approximate surface area is 110 Å². The third-order valence-corrected chi connectivity index (χ3v) is 2.71. The number of aryl methyl sites for hydroxylation is 1. The van der Waals surface area contributed by atoms with Crippen LogP contribution >= 0.6 is 0 Å². The van der Waals surface area contributed by atoms with E-state index in [1.165, 1.54) is 12.1 Å². The number of pyridine rings is 1. The predicted molar refractivity (Wildman–Crippen MR) is 67.6 cm³/mol. The summed E-state index contributed by atoms with van der Waals surface area (Å²) < 4.78 is 25.9. The first-order chi connectivity index (χ1) is 9.13. The topological polar surface area (TPSA) is 30.0 Å². The van der Waals surface area contributed by atoms with E-state index in [9.17, 15) is 13.6 Å². The first kappa shape index (κ1) is 13.3. The predicted octanol–water partition coefficient (Wildman–Crippen LogP) is 3.10. The van der Waals surface area contributed by atoms with Gasteiger partial charge in [-0.15, -0.1) is 0 Å². The van der Waals surface area contributed by atoms with E-state index in [4.69, 9.17) is 0 Å². The standard InChI is InChI=1S/C15H13F2NO/c16-12-7-11(8-13(17)10-12)9-15(19)5-4-14-3-1-2-6-18-14/h1-3,6-8,10H,4-5,9H2. The lowest BCUT2D eigenvalue weighted by molar-refractivity contribution is -0.118. The Morgan fingerprint density at radius 3 is 2.47 bits per heavy atom. The Balaban J connectivity index is 1.91. The van der Waals surface area contributed by atoms with Crippen LogP contribution in [0.1, 0.15) is 17.7 Å². The Kier molecular flexibility index (Phi) is 4.34. The fourth-order valence-electron chi connectivity index (χ4n) is 1.84. The number of benzene rings is 1. The number of hydrogen-bond donors (Lipinski definition) is 0. The molecule has 0 aliphatic carbocycles. The van der Waals surface area contributed by atoms with Crippen LogP contribution in [0.2, 0.25) is 0 Å². The van der Waals surface area contributed by atoms with Crippen molar-refractivity contribution in [2.24, 2.45) is 0 Å². The van der Waals surface area contributed by atoms with Crippen LogP contribution in [-0.4, -0.2) is 10.8 Å². The molecule has 0 spiro atoms. The summed E-state index contributed by atoms with van der Waals surface area (Å²) in [5.41, 5.74) is 1.20. The van der Waals surface area contributed by atoms with Crippen molar-refractivity contribution < 1.29 is 13.6 Å². The van der Waals surface area contributed by atoms with Crippen molar-refractivity contribution in [2.75, 3.05) is 0 Å². The Hall–Kier alpha value is -2.10. The molecule has 2 aromatic rings. The summed E-state index contributed by atoms with van der Waals surface area (Å²) >= 11 is 0. The first-order valence-corrected chi connectivity index (χ1v) is 6.00. The molecule has 1 heterocycles. The number of Topliss-reactive ketones (excluding diaryl/α,β-unsaturated/α-hetero) is 1. The second kappa shape index (κ2) is 6.18. The van der Waals surface area contributed by atoms with E-state index in [0.717, 1.165) is 11.8 Å². The maximum absolute atomic E-state index is 13.0. The SMILES string of the molecule is O=C(CCc1ccccn1)Cc1cc(F)cc(F)c1. The highest BCUT2D eigenvalue weighted by atomic mass is 19.1. The number of rotatable bonds is 5. The maximum atomic E-state index is 13.0. The minimum absolute atomic E-state index is 0.0432. The van der Waals surface area contributed by atoms with E-state index >= 15 is 0 Å². The lowest BCUT2D eigenvalue weighted by Gasteiger charge is -2.02. The lowest BCUT2D eigenvalue weighted by Crippen LogP contribution is -2.05. The molecule has 1 aromatic carbocycles. The van der Waals surface area contributed by atoms with Gasteiger partial charge in [0.25, 0.3) is 0 Å². The average molecular weight is 261 g/mol. The van der Waals surface area contributed by atoms with Gasteiger partial charge in [0.2, 0.25) is 0 Å². The van der Waals surface area contributed by atoms with Crippen LogP contribution in [0.15, 0.2) is 42.6 Å². The molecule has 0 aliphatic rings. The highest BCUT2D eigenvalue weighted by Gasteiger charge is 2.07. The van der Waals surface area contributed by atoms with Crippen LogP contribution in [0.25, 0.3) is 0 Å². The Bertz CT molecular complexity index is 549. The van der Waals surface area contributed by atoms with Crippen molar-refractivity contribution in [2.45, 2.75) is 19.3 Å². The summed E-state index contributed by atoms with van der Waals surface area (Å²) in [5, 5.41) is 0.